The summed E-state index contributed by atoms with van der Waals surface area (Å²) in [5.41, 5.74) is 0. The van der Waals surface area contributed by atoms with E-state index in [9.17, 15) is 12.8 Å². The van der Waals surface area contributed by atoms with Gasteiger partial charge in [0.05, 0.1) is 11.2 Å². The first-order valence-electron chi connectivity index (χ1n) is 9.15. The molecule has 0 bridgehead atoms. The highest BCUT2D eigenvalue weighted by atomic mass is 32.2. The Hall–Kier alpha value is -2.61. The van der Waals surface area contributed by atoms with Gasteiger partial charge in [-0.25, -0.2) is 12.8 Å². The summed E-state index contributed by atoms with van der Waals surface area (Å²) < 4.78 is 51.0. The van der Waals surface area contributed by atoms with Crippen molar-refractivity contribution in [1.82, 2.24) is 4.98 Å². The summed E-state index contributed by atoms with van der Waals surface area (Å²) in [6, 6.07) is 8.04. The molecule has 28 heavy (non-hydrogen) atoms. The van der Waals surface area contributed by atoms with Crippen molar-refractivity contribution in [2.45, 2.75) is 30.2 Å². The zero-order valence-corrected chi connectivity index (χ0v) is 16.4. The van der Waals surface area contributed by atoms with E-state index in [2.05, 4.69) is 18.8 Å². The average molecular weight is 404 g/mol. The number of oxazole rings is 1. The van der Waals surface area contributed by atoms with Crippen LogP contribution in [0.2, 0.25) is 0 Å². The standard InChI is InChI=1S/C20H21FN2O4S/c1-13-10-14(2)12-23(11-13)20-19(22-18(27-20)17-4-3-9-26-17)28(24,25)16-7-5-15(21)6-8-16/h3-9,13-14H,10-12H2,1-2H3. The number of hydrogen-bond donors (Lipinski definition) is 0. The van der Waals surface area contributed by atoms with Crippen LogP contribution in [0.1, 0.15) is 20.3 Å². The van der Waals surface area contributed by atoms with Crippen molar-refractivity contribution in [3.8, 4) is 11.7 Å². The van der Waals surface area contributed by atoms with Crippen LogP contribution in [0.4, 0.5) is 10.3 Å². The Kier molecular flexibility index (Phi) is 4.74. The SMILES string of the molecule is CC1CC(C)CN(c2oc(-c3ccco3)nc2S(=O)(=O)c2ccc(F)cc2)C1. The van der Waals surface area contributed by atoms with Gasteiger partial charge in [-0.15, -0.1) is 0 Å². The van der Waals surface area contributed by atoms with Gasteiger partial charge in [0.2, 0.25) is 20.7 Å². The summed E-state index contributed by atoms with van der Waals surface area (Å²) in [5, 5.41) is -0.174. The fourth-order valence-corrected chi connectivity index (χ4v) is 5.05. The van der Waals surface area contributed by atoms with Gasteiger partial charge in [-0.05, 0) is 54.7 Å². The minimum Gasteiger partial charge on any atom is -0.459 e. The van der Waals surface area contributed by atoms with Gasteiger partial charge in [0.1, 0.15) is 5.82 Å². The largest absolute Gasteiger partial charge is 0.459 e. The third-order valence-electron chi connectivity index (χ3n) is 4.85. The maximum absolute atomic E-state index is 13.3. The molecule has 3 aromatic rings. The van der Waals surface area contributed by atoms with Gasteiger partial charge in [-0.3, -0.25) is 0 Å². The van der Waals surface area contributed by atoms with Crippen molar-refractivity contribution in [2.24, 2.45) is 11.8 Å². The molecule has 6 nitrogen and oxygen atoms in total. The number of halogens is 1. The first kappa shape index (κ1) is 18.7. The number of sulfone groups is 1. The van der Waals surface area contributed by atoms with Crippen LogP contribution in [0.15, 0.2) is 61.4 Å². The predicted octanol–water partition coefficient (Wildman–Crippen LogP) is 4.39. The molecule has 0 N–H and O–H groups in total. The third-order valence-corrected chi connectivity index (χ3v) is 6.51. The first-order chi connectivity index (χ1) is 13.3. The van der Waals surface area contributed by atoms with Gasteiger partial charge < -0.3 is 13.7 Å². The zero-order chi connectivity index (χ0) is 19.9. The summed E-state index contributed by atoms with van der Waals surface area (Å²) >= 11 is 0. The molecule has 1 aliphatic heterocycles. The monoisotopic (exact) mass is 404 g/mol. The molecule has 3 heterocycles. The lowest BCUT2D eigenvalue weighted by Crippen LogP contribution is -2.39. The second-order valence-corrected chi connectivity index (χ2v) is 9.28. The van der Waals surface area contributed by atoms with Gasteiger partial charge in [0, 0.05) is 13.1 Å². The summed E-state index contributed by atoms with van der Waals surface area (Å²) in [6.45, 7) is 5.59. The fourth-order valence-electron chi connectivity index (χ4n) is 3.73. The van der Waals surface area contributed by atoms with Crippen LogP contribution < -0.4 is 4.90 Å². The molecule has 0 radical (unpaired) electrons. The van der Waals surface area contributed by atoms with E-state index < -0.39 is 15.7 Å². The van der Waals surface area contributed by atoms with Crippen LogP contribution in [0.5, 0.6) is 0 Å². The van der Waals surface area contributed by atoms with Crippen LogP contribution >= 0.6 is 0 Å². The minimum atomic E-state index is -4.00. The summed E-state index contributed by atoms with van der Waals surface area (Å²) in [7, 11) is -4.00. The highest BCUT2D eigenvalue weighted by molar-refractivity contribution is 7.91. The highest BCUT2D eigenvalue weighted by Gasteiger charge is 2.34. The summed E-state index contributed by atoms with van der Waals surface area (Å²) in [4.78, 5) is 6.16. The molecule has 0 spiro atoms. The van der Waals surface area contributed by atoms with E-state index in [1.54, 1.807) is 12.1 Å². The normalized spacial score (nSPS) is 20.5. The molecule has 1 aromatic carbocycles. The Morgan fingerprint density at radius 3 is 2.39 bits per heavy atom. The van der Waals surface area contributed by atoms with E-state index in [0.717, 1.165) is 18.6 Å². The number of aromatic nitrogens is 1. The number of rotatable bonds is 4. The molecule has 1 fully saturated rings. The van der Waals surface area contributed by atoms with Gasteiger partial charge in [0.25, 0.3) is 5.89 Å². The number of furan rings is 1. The molecular weight excluding hydrogens is 383 g/mol. The minimum absolute atomic E-state index is 0.0347. The lowest BCUT2D eigenvalue weighted by molar-refractivity contribution is 0.342. The van der Waals surface area contributed by atoms with Gasteiger partial charge in [0.15, 0.2) is 5.76 Å². The Bertz CT molecular complexity index is 1050. The van der Waals surface area contributed by atoms with Crippen LogP contribution in [0.25, 0.3) is 11.7 Å². The van der Waals surface area contributed by atoms with Gasteiger partial charge in [-0.1, -0.05) is 13.8 Å². The maximum Gasteiger partial charge on any atom is 0.266 e. The fraction of sp³-hybridized carbons (Fsp3) is 0.350. The second-order valence-electron chi connectivity index (χ2n) is 7.42. The lowest BCUT2D eigenvalue weighted by Gasteiger charge is -2.34. The Morgan fingerprint density at radius 1 is 1.11 bits per heavy atom. The Balaban J connectivity index is 1.84. The van der Waals surface area contributed by atoms with E-state index >= 15 is 0 Å². The molecule has 2 atom stereocenters. The molecule has 0 saturated carbocycles. The molecule has 0 amide bonds. The molecule has 0 aliphatic carbocycles. The van der Waals surface area contributed by atoms with Crippen LogP contribution in [-0.4, -0.2) is 26.5 Å². The highest BCUT2D eigenvalue weighted by Crippen LogP contribution is 2.37. The smallest absolute Gasteiger partial charge is 0.266 e. The molecule has 2 unspecified atom stereocenters. The number of benzene rings is 1. The van der Waals surface area contributed by atoms with Crippen molar-refractivity contribution in [3.05, 3.63) is 48.5 Å². The summed E-state index contributed by atoms with van der Waals surface area (Å²) in [6.07, 6.45) is 2.54. The number of nitrogens with zero attached hydrogens (tertiary/aromatic N) is 2. The predicted molar refractivity (Wildman–Crippen MR) is 101 cm³/mol. The van der Waals surface area contributed by atoms with E-state index in [0.29, 0.717) is 30.7 Å². The maximum atomic E-state index is 13.3. The number of anilines is 1. The van der Waals surface area contributed by atoms with E-state index in [-0.39, 0.29) is 21.7 Å². The number of piperidine rings is 1. The molecular formula is C20H21FN2O4S. The van der Waals surface area contributed by atoms with Crippen molar-refractivity contribution in [1.29, 1.82) is 0 Å². The zero-order valence-electron chi connectivity index (χ0n) is 15.6. The second kappa shape index (κ2) is 7.09. The number of hydrogen-bond acceptors (Lipinski definition) is 6. The Labute approximate surface area is 162 Å². The summed E-state index contributed by atoms with van der Waals surface area (Å²) in [5.74, 6) is 0.930. The third kappa shape index (κ3) is 3.44. The lowest BCUT2D eigenvalue weighted by atomic mass is 9.92. The first-order valence-corrected chi connectivity index (χ1v) is 10.6. The molecule has 1 aliphatic rings. The molecule has 1 saturated heterocycles. The molecule has 2 aromatic heterocycles. The Morgan fingerprint density at radius 2 is 1.79 bits per heavy atom. The van der Waals surface area contributed by atoms with E-state index in [1.165, 1.54) is 18.4 Å². The quantitative estimate of drug-likeness (QED) is 0.600. The van der Waals surface area contributed by atoms with E-state index in [1.807, 2.05) is 4.90 Å². The van der Waals surface area contributed by atoms with Crippen molar-refractivity contribution in [3.63, 3.8) is 0 Å². The van der Waals surface area contributed by atoms with Crippen molar-refractivity contribution in [2.75, 3.05) is 18.0 Å². The van der Waals surface area contributed by atoms with Crippen molar-refractivity contribution < 1.29 is 21.6 Å². The van der Waals surface area contributed by atoms with E-state index in [4.69, 9.17) is 8.83 Å². The topological polar surface area (TPSA) is 76.6 Å². The van der Waals surface area contributed by atoms with Crippen LogP contribution in [0, 0.1) is 17.7 Å². The molecule has 4 rings (SSSR count). The molecule has 148 valence electrons. The van der Waals surface area contributed by atoms with Crippen LogP contribution in [0.3, 0.4) is 0 Å². The average Bonchev–Trinajstić information content (AvgIpc) is 3.31. The van der Waals surface area contributed by atoms with Gasteiger partial charge in [-0.2, -0.15) is 4.98 Å². The van der Waals surface area contributed by atoms with Crippen molar-refractivity contribution >= 4 is 15.7 Å². The molecule has 8 heteroatoms. The van der Waals surface area contributed by atoms with Crippen LogP contribution in [-0.2, 0) is 9.84 Å². The van der Waals surface area contributed by atoms with Gasteiger partial charge >= 0.3 is 0 Å².